The lowest BCUT2D eigenvalue weighted by Gasteiger charge is -2.31. The first kappa shape index (κ1) is 14.2. The van der Waals surface area contributed by atoms with Gasteiger partial charge in [0.2, 0.25) is 0 Å². The van der Waals surface area contributed by atoms with Gasteiger partial charge < -0.3 is 5.32 Å². The van der Waals surface area contributed by atoms with Crippen molar-refractivity contribution in [2.24, 2.45) is 0 Å². The molecule has 3 rings (SSSR count). The normalized spacial score (nSPS) is 26.9. The summed E-state index contributed by atoms with van der Waals surface area (Å²) >= 11 is 1.80. The van der Waals surface area contributed by atoms with E-state index in [1.807, 2.05) is 4.57 Å². The summed E-state index contributed by atoms with van der Waals surface area (Å²) in [4.78, 5) is 11.8. The molecule has 2 aliphatic carbocycles. The minimum atomic E-state index is -0.0381. The number of thioether (sulfide) groups is 1. The quantitative estimate of drug-likeness (QED) is 0.845. The van der Waals surface area contributed by atoms with E-state index in [1.165, 1.54) is 32.1 Å². The van der Waals surface area contributed by atoms with Crippen molar-refractivity contribution in [2.45, 2.75) is 74.4 Å². The first-order valence-corrected chi connectivity index (χ1v) is 8.74. The standard InChI is InChI=1S/C14H24N4OS/c1-2-9-15-11-5-3-4-6-12(11)20-14-17-16-13(19)18(14)10-7-8-10/h10-12,15H,2-9H2,1H3,(H,16,19). The zero-order valence-corrected chi connectivity index (χ0v) is 12.9. The van der Waals surface area contributed by atoms with E-state index in [2.05, 4.69) is 22.4 Å². The van der Waals surface area contributed by atoms with E-state index in [1.54, 1.807) is 11.8 Å². The van der Waals surface area contributed by atoms with Gasteiger partial charge in [-0.3, -0.25) is 4.57 Å². The van der Waals surface area contributed by atoms with Crippen molar-refractivity contribution in [1.82, 2.24) is 20.1 Å². The highest BCUT2D eigenvalue weighted by Crippen LogP contribution is 2.39. The predicted octanol–water partition coefficient (Wildman–Crippen LogP) is 2.31. The van der Waals surface area contributed by atoms with E-state index >= 15 is 0 Å². The Morgan fingerprint density at radius 2 is 2.15 bits per heavy atom. The monoisotopic (exact) mass is 296 g/mol. The molecule has 0 spiro atoms. The third-order valence-electron chi connectivity index (χ3n) is 4.20. The van der Waals surface area contributed by atoms with E-state index in [9.17, 15) is 4.79 Å². The number of nitrogens with zero attached hydrogens (tertiary/aromatic N) is 2. The highest BCUT2D eigenvalue weighted by Gasteiger charge is 2.32. The van der Waals surface area contributed by atoms with Gasteiger partial charge in [0.05, 0.1) is 0 Å². The fraction of sp³-hybridized carbons (Fsp3) is 0.857. The third kappa shape index (κ3) is 3.11. The van der Waals surface area contributed by atoms with Gasteiger partial charge >= 0.3 is 5.69 Å². The molecule has 2 fully saturated rings. The Bertz CT molecular complexity index is 494. The summed E-state index contributed by atoms with van der Waals surface area (Å²) in [5.41, 5.74) is -0.0381. The Hall–Kier alpha value is -0.750. The van der Waals surface area contributed by atoms with Gasteiger partial charge in [0.15, 0.2) is 5.16 Å². The summed E-state index contributed by atoms with van der Waals surface area (Å²) in [6, 6.07) is 0.961. The molecule has 0 aromatic carbocycles. The second kappa shape index (κ2) is 6.35. The molecule has 2 unspecified atom stereocenters. The number of hydrogen-bond donors (Lipinski definition) is 2. The average molecular weight is 296 g/mol. The lowest BCUT2D eigenvalue weighted by molar-refractivity contribution is 0.384. The summed E-state index contributed by atoms with van der Waals surface area (Å²) < 4.78 is 1.87. The number of hydrogen-bond acceptors (Lipinski definition) is 4. The topological polar surface area (TPSA) is 62.7 Å². The predicted molar refractivity (Wildman–Crippen MR) is 81.3 cm³/mol. The van der Waals surface area contributed by atoms with Gasteiger partial charge in [-0.25, -0.2) is 9.89 Å². The maximum absolute atomic E-state index is 11.8. The van der Waals surface area contributed by atoms with Crippen molar-refractivity contribution in [3.05, 3.63) is 10.5 Å². The fourth-order valence-electron chi connectivity index (χ4n) is 2.96. The lowest BCUT2D eigenvalue weighted by Crippen LogP contribution is -2.41. The van der Waals surface area contributed by atoms with E-state index in [-0.39, 0.29) is 5.69 Å². The molecule has 0 radical (unpaired) electrons. The number of rotatable bonds is 6. The largest absolute Gasteiger partial charge is 0.344 e. The van der Waals surface area contributed by atoms with Crippen LogP contribution in [0.4, 0.5) is 0 Å². The fourth-order valence-corrected chi connectivity index (χ4v) is 4.36. The maximum Gasteiger partial charge on any atom is 0.344 e. The molecule has 0 bridgehead atoms. The van der Waals surface area contributed by atoms with E-state index in [0.717, 1.165) is 24.5 Å². The molecular formula is C14H24N4OS. The van der Waals surface area contributed by atoms with Crippen molar-refractivity contribution in [1.29, 1.82) is 0 Å². The molecule has 1 heterocycles. The van der Waals surface area contributed by atoms with Gasteiger partial charge in [-0.2, -0.15) is 0 Å². The molecule has 112 valence electrons. The zero-order valence-electron chi connectivity index (χ0n) is 12.1. The number of aromatic amines is 1. The molecule has 2 atom stereocenters. The minimum Gasteiger partial charge on any atom is -0.313 e. The molecule has 0 amide bonds. The molecular weight excluding hydrogens is 272 g/mol. The van der Waals surface area contributed by atoms with Gasteiger partial charge in [0, 0.05) is 17.3 Å². The van der Waals surface area contributed by atoms with Gasteiger partial charge in [0.25, 0.3) is 0 Å². The maximum atomic E-state index is 11.8. The van der Waals surface area contributed by atoms with E-state index in [4.69, 9.17) is 0 Å². The molecule has 0 aliphatic heterocycles. The highest BCUT2D eigenvalue weighted by atomic mass is 32.2. The SMILES string of the molecule is CCCNC1CCCCC1Sc1n[nH]c(=O)n1C1CC1. The van der Waals surface area contributed by atoms with Gasteiger partial charge in [-0.1, -0.05) is 31.5 Å². The van der Waals surface area contributed by atoms with Gasteiger partial charge in [0.1, 0.15) is 0 Å². The van der Waals surface area contributed by atoms with Crippen molar-refractivity contribution >= 4 is 11.8 Å². The van der Waals surface area contributed by atoms with Crippen LogP contribution in [-0.4, -0.2) is 32.6 Å². The van der Waals surface area contributed by atoms with Gasteiger partial charge in [-0.05, 0) is 38.6 Å². The first-order valence-electron chi connectivity index (χ1n) is 7.86. The Balaban J connectivity index is 1.70. The van der Waals surface area contributed by atoms with Crippen LogP contribution in [0.15, 0.2) is 9.95 Å². The molecule has 5 nitrogen and oxygen atoms in total. The minimum absolute atomic E-state index is 0.0381. The number of H-pyrrole nitrogens is 1. The van der Waals surface area contributed by atoms with Crippen LogP contribution in [0.1, 0.15) is 57.9 Å². The average Bonchev–Trinajstić information content (AvgIpc) is 3.23. The molecule has 0 saturated heterocycles. The Morgan fingerprint density at radius 3 is 2.90 bits per heavy atom. The zero-order chi connectivity index (χ0) is 13.9. The van der Waals surface area contributed by atoms with Crippen LogP contribution in [0, 0.1) is 0 Å². The molecule has 20 heavy (non-hydrogen) atoms. The molecule has 1 aromatic rings. The van der Waals surface area contributed by atoms with Crippen LogP contribution in [0.25, 0.3) is 0 Å². The first-order chi connectivity index (χ1) is 9.79. The smallest absolute Gasteiger partial charge is 0.313 e. The third-order valence-corrected chi connectivity index (χ3v) is 5.57. The lowest BCUT2D eigenvalue weighted by atomic mass is 9.95. The van der Waals surface area contributed by atoms with Crippen molar-refractivity contribution in [2.75, 3.05) is 6.54 Å². The second-order valence-electron chi connectivity index (χ2n) is 5.91. The van der Waals surface area contributed by atoms with Crippen LogP contribution in [0.5, 0.6) is 0 Å². The van der Waals surface area contributed by atoms with E-state index < -0.39 is 0 Å². The summed E-state index contributed by atoms with van der Waals surface area (Å²) in [6.07, 6.45) is 8.48. The Kier molecular flexibility index (Phi) is 4.51. The number of nitrogens with one attached hydrogen (secondary N) is 2. The molecule has 6 heteroatoms. The molecule has 1 aromatic heterocycles. The number of aromatic nitrogens is 3. The van der Waals surface area contributed by atoms with Crippen molar-refractivity contribution in [3.63, 3.8) is 0 Å². The highest BCUT2D eigenvalue weighted by molar-refractivity contribution is 7.99. The van der Waals surface area contributed by atoms with Gasteiger partial charge in [-0.15, -0.1) is 5.10 Å². The molecule has 2 saturated carbocycles. The summed E-state index contributed by atoms with van der Waals surface area (Å²) in [7, 11) is 0. The van der Waals surface area contributed by atoms with Crippen molar-refractivity contribution in [3.8, 4) is 0 Å². The molecule has 2 aliphatic rings. The Labute approximate surface area is 123 Å². The van der Waals surface area contributed by atoms with Crippen LogP contribution in [0.3, 0.4) is 0 Å². The van der Waals surface area contributed by atoms with Crippen LogP contribution >= 0.6 is 11.8 Å². The van der Waals surface area contributed by atoms with Crippen molar-refractivity contribution < 1.29 is 0 Å². The van der Waals surface area contributed by atoms with E-state index in [0.29, 0.717) is 17.3 Å². The van der Waals surface area contributed by atoms with Crippen LogP contribution < -0.4 is 11.0 Å². The summed E-state index contributed by atoms with van der Waals surface area (Å²) in [6.45, 7) is 3.29. The Morgan fingerprint density at radius 1 is 1.35 bits per heavy atom. The van der Waals surface area contributed by atoms with Crippen LogP contribution in [0.2, 0.25) is 0 Å². The summed E-state index contributed by atoms with van der Waals surface area (Å²) in [5.74, 6) is 0. The molecule has 2 N–H and O–H groups in total. The summed E-state index contributed by atoms with van der Waals surface area (Å²) in [5, 5.41) is 12.0. The second-order valence-corrected chi connectivity index (χ2v) is 7.12. The van der Waals surface area contributed by atoms with Crippen LogP contribution in [-0.2, 0) is 0 Å².